The molecule has 0 aromatic carbocycles. The smallest absolute Gasteiger partial charge is 0.138 e. The van der Waals surface area contributed by atoms with Gasteiger partial charge in [0.05, 0.1) is 6.10 Å². The average Bonchev–Trinajstić information content (AvgIpc) is 1.82. The lowest BCUT2D eigenvalue weighted by Crippen LogP contribution is -2.32. The van der Waals surface area contributed by atoms with E-state index in [1.54, 1.807) is 0 Å². The fourth-order valence-corrected chi connectivity index (χ4v) is 1.45. The van der Waals surface area contributed by atoms with Crippen LogP contribution in [0.25, 0.3) is 0 Å². The van der Waals surface area contributed by atoms with Gasteiger partial charge in [0, 0.05) is 12.3 Å². The van der Waals surface area contributed by atoms with E-state index in [4.69, 9.17) is 5.11 Å². The molecule has 1 saturated carbocycles. The van der Waals surface area contributed by atoms with E-state index in [0.717, 1.165) is 6.42 Å². The summed E-state index contributed by atoms with van der Waals surface area (Å²) < 4.78 is 0. The van der Waals surface area contributed by atoms with E-state index in [9.17, 15) is 4.79 Å². The number of ketones is 1. The Hall–Kier alpha value is -0.370. The summed E-state index contributed by atoms with van der Waals surface area (Å²) in [5, 5.41) is 9.15. The van der Waals surface area contributed by atoms with Gasteiger partial charge in [-0.3, -0.25) is 4.79 Å². The molecule has 1 fully saturated rings. The molecule has 3 atom stereocenters. The molecular weight excluding hydrogens is 128 g/mol. The summed E-state index contributed by atoms with van der Waals surface area (Å²) in [6, 6.07) is 0. The molecule has 1 rings (SSSR count). The highest BCUT2D eigenvalue weighted by Gasteiger charge is 2.29. The topological polar surface area (TPSA) is 37.3 Å². The molecule has 0 amide bonds. The highest BCUT2D eigenvalue weighted by Crippen LogP contribution is 2.26. The van der Waals surface area contributed by atoms with Gasteiger partial charge in [0.1, 0.15) is 5.78 Å². The van der Waals surface area contributed by atoms with Gasteiger partial charge in [-0.05, 0) is 12.3 Å². The number of aliphatic hydroxyl groups excluding tert-OH is 1. The predicted octanol–water partition coefficient (Wildman–Crippen LogP) is 0.982. The summed E-state index contributed by atoms with van der Waals surface area (Å²) in [5.41, 5.74) is 0. The van der Waals surface area contributed by atoms with E-state index in [2.05, 4.69) is 0 Å². The van der Waals surface area contributed by atoms with Crippen molar-refractivity contribution in [2.75, 3.05) is 0 Å². The predicted molar refractivity (Wildman–Crippen MR) is 38.6 cm³/mol. The fourth-order valence-electron chi connectivity index (χ4n) is 1.45. The standard InChI is InChI=1S/C8H14O2/c1-5-3-7(9)4-8(10)6(5)2/h5-7,9H,3-4H2,1-2H3. The number of rotatable bonds is 0. The average molecular weight is 142 g/mol. The molecule has 2 heteroatoms. The summed E-state index contributed by atoms with van der Waals surface area (Å²) in [5.74, 6) is 0.728. The van der Waals surface area contributed by atoms with Crippen molar-refractivity contribution in [3.8, 4) is 0 Å². The maximum Gasteiger partial charge on any atom is 0.138 e. The van der Waals surface area contributed by atoms with Gasteiger partial charge in [0.25, 0.3) is 0 Å². The Morgan fingerprint density at radius 3 is 2.60 bits per heavy atom. The Bertz CT molecular complexity index is 142. The van der Waals surface area contributed by atoms with Gasteiger partial charge in [-0.25, -0.2) is 0 Å². The first-order valence-corrected chi connectivity index (χ1v) is 3.82. The molecular formula is C8H14O2. The molecule has 0 aliphatic heterocycles. The Labute approximate surface area is 61.2 Å². The third-order valence-corrected chi connectivity index (χ3v) is 2.44. The van der Waals surface area contributed by atoms with Crippen LogP contribution in [0.2, 0.25) is 0 Å². The van der Waals surface area contributed by atoms with Gasteiger partial charge >= 0.3 is 0 Å². The lowest BCUT2D eigenvalue weighted by molar-refractivity contribution is -0.129. The van der Waals surface area contributed by atoms with Crippen LogP contribution in [0.3, 0.4) is 0 Å². The van der Waals surface area contributed by atoms with Crippen molar-refractivity contribution in [1.29, 1.82) is 0 Å². The molecule has 0 heterocycles. The quantitative estimate of drug-likeness (QED) is 0.547. The maximum atomic E-state index is 11.1. The lowest BCUT2D eigenvalue weighted by Gasteiger charge is -2.27. The Morgan fingerprint density at radius 1 is 1.50 bits per heavy atom. The minimum atomic E-state index is -0.376. The highest BCUT2D eigenvalue weighted by molar-refractivity contribution is 5.82. The molecule has 0 aromatic rings. The first kappa shape index (κ1) is 7.73. The normalized spacial score (nSPS) is 41.9. The van der Waals surface area contributed by atoms with Crippen molar-refractivity contribution < 1.29 is 9.90 Å². The molecule has 1 aliphatic rings. The van der Waals surface area contributed by atoms with E-state index in [0.29, 0.717) is 12.3 Å². The minimum Gasteiger partial charge on any atom is -0.393 e. The van der Waals surface area contributed by atoms with Crippen molar-refractivity contribution in [3.05, 3.63) is 0 Å². The zero-order valence-corrected chi connectivity index (χ0v) is 6.50. The van der Waals surface area contributed by atoms with Crippen LogP contribution >= 0.6 is 0 Å². The second-order valence-electron chi connectivity index (χ2n) is 3.33. The molecule has 2 nitrogen and oxygen atoms in total. The van der Waals surface area contributed by atoms with Gasteiger partial charge in [0.2, 0.25) is 0 Å². The van der Waals surface area contributed by atoms with Crippen LogP contribution in [-0.4, -0.2) is 17.0 Å². The van der Waals surface area contributed by atoms with Gasteiger partial charge in [-0.1, -0.05) is 13.8 Å². The van der Waals surface area contributed by atoms with Gasteiger partial charge < -0.3 is 5.11 Å². The number of carbonyl (C=O) groups is 1. The third-order valence-electron chi connectivity index (χ3n) is 2.44. The molecule has 0 aromatic heterocycles. The molecule has 1 N–H and O–H groups in total. The molecule has 0 bridgehead atoms. The van der Waals surface area contributed by atoms with Crippen LogP contribution in [0.15, 0.2) is 0 Å². The monoisotopic (exact) mass is 142 g/mol. The van der Waals surface area contributed by atoms with Gasteiger partial charge in [-0.2, -0.15) is 0 Å². The largest absolute Gasteiger partial charge is 0.393 e. The van der Waals surface area contributed by atoms with Crippen LogP contribution in [0.4, 0.5) is 0 Å². The van der Waals surface area contributed by atoms with Crippen molar-refractivity contribution in [2.45, 2.75) is 32.8 Å². The number of hydrogen-bond donors (Lipinski definition) is 1. The zero-order chi connectivity index (χ0) is 7.72. The number of carbonyl (C=O) groups excluding carboxylic acids is 1. The van der Waals surface area contributed by atoms with Crippen LogP contribution in [0.1, 0.15) is 26.7 Å². The molecule has 1 aliphatic carbocycles. The van der Waals surface area contributed by atoms with Gasteiger partial charge in [-0.15, -0.1) is 0 Å². The van der Waals surface area contributed by atoms with Crippen molar-refractivity contribution >= 4 is 5.78 Å². The van der Waals surface area contributed by atoms with Crippen molar-refractivity contribution in [2.24, 2.45) is 11.8 Å². The van der Waals surface area contributed by atoms with Crippen LogP contribution in [-0.2, 0) is 4.79 Å². The van der Waals surface area contributed by atoms with Crippen LogP contribution < -0.4 is 0 Å². The first-order chi connectivity index (χ1) is 4.61. The SMILES string of the molecule is CC1CC(O)CC(=O)C1C. The highest BCUT2D eigenvalue weighted by atomic mass is 16.3. The summed E-state index contributed by atoms with van der Waals surface area (Å²) in [7, 11) is 0. The summed E-state index contributed by atoms with van der Waals surface area (Å²) in [4.78, 5) is 11.1. The minimum absolute atomic E-state index is 0.156. The van der Waals surface area contributed by atoms with E-state index in [1.807, 2.05) is 13.8 Å². The summed E-state index contributed by atoms with van der Waals surface area (Å²) in [6.07, 6.45) is 0.775. The number of hydrogen-bond acceptors (Lipinski definition) is 2. The van der Waals surface area contributed by atoms with Crippen molar-refractivity contribution in [3.63, 3.8) is 0 Å². The van der Waals surface area contributed by atoms with Crippen LogP contribution in [0.5, 0.6) is 0 Å². The van der Waals surface area contributed by atoms with E-state index in [1.165, 1.54) is 0 Å². The molecule has 0 spiro atoms. The zero-order valence-electron chi connectivity index (χ0n) is 6.50. The Balaban J connectivity index is 2.57. The molecule has 3 unspecified atom stereocenters. The van der Waals surface area contributed by atoms with Crippen LogP contribution in [0, 0.1) is 11.8 Å². The Kier molecular flexibility index (Phi) is 2.09. The summed E-state index contributed by atoms with van der Waals surface area (Å²) >= 11 is 0. The second-order valence-corrected chi connectivity index (χ2v) is 3.33. The second kappa shape index (κ2) is 2.70. The molecule has 10 heavy (non-hydrogen) atoms. The maximum absolute atomic E-state index is 11.1. The number of Topliss-reactive ketones (excluding diaryl/α,β-unsaturated/α-hetero) is 1. The van der Waals surface area contributed by atoms with Gasteiger partial charge in [0.15, 0.2) is 0 Å². The van der Waals surface area contributed by atoms with Crippen molar-refractivity contribution in [1.82, 2.24) is 0 Å². The Morgan fingerprint density at radius 2 is 2.10 bits per heavy atom. The number of aliphatic hydroxyl groups is 1. The van der Waals surface area contributed by atoms with E-state index in [-0.39, 0.29) is 17.8 Å². The first-order valence-electron chi connectivity index (χ1n) is 3.82. The fraction of sp³-hybridized carbons (Fsp3) is 0.875. The summed E-state index contributed by atoms with van der Waals surface area (Å²) in [6.45, 7) is 3.96. The molecule has 0 radical (unpaired) electrons. The third kappa shape index (κ3) is 1.37. The van der Waals surface area contributed by atoms with E-state index < -0.39 is 0 Å². The molecule has 58 valence electrons. The molecule has 0 saturated heterocycles. The van der Waals surface area contributed by atoms with E-state index >= 15 is 0 Å². The lowest BCUT2D eigenvalue weighted by atomic mass is 9.79.